The fraction of sp³-hybridized carbons (Fsp3) is 0.105. The van der Waals surface area contributed by atoms with Gasteiger partial charge in [0.15, 0.2) is 0 Å². The van der Waals surface area contributed by atoms with E-state index >= 15 is 0 Å². The van der Waals surface area contributed by atoms with Gasteiger partial charge in [-0.1, -0.05) is 23.2 Å². The Morgan fingerprint density at radius 3 is 2.40 bits per heavy atom. The number of rotatable bonds is 4. The highest BCUT2D eigenvalue weighted by molar-refractivity contribution is 6.42. The van der Waals surface area contributed by atoms with Crippen LogP contribution in [0.25, 0.3) is 11.3 Å². The van der Waals surface area contributed by atoms with E-state index in [0.717, 1.165) is 11.3 Å². The Kier molecular flexibility index (Phi) is 5.02. The number of methoxy groups -OCH3 is 1. The second kappa shape index (κ2) is 7.21. The summed E-state index contributed by atoms with van der Waals surface area (Å²) < 4.78 is 10.8. The van der Waals surface area contributed by atoms with Gasteiger partial charge in [0, 0.05) is 11.3 Å². The van der Waals surface area contributed by atoms with Crippen LogP contribution in [0.15, 0.2) is 52.9 Å². The Hall–Kier alpha value is -2.43. The molecule has 0 spiro atoms. The van der Waals surface area contributed by atoms with Gasteiger partial charge in [-0.3, -0.25) is 4.79 Å². The minimum absolute atomic E-state index is 0.252. The van der Waals surface area contributed by atoms with E-state index in [-0.39, 0.29) is 5.91 Å². The topological polar surface area (TPSA) is 51.5 Å². The second-order valence-corrected chi connectivity index (χ2v) is 6.21. The molecular weight excluding hydrogens is 361 g/mol. The Bertz CT molecular complexity index is 917. The molecule has 0 fully saturated rings. The number of carbonyl (C=O) groups is 1. The van der Waals surface area contributed by atoms with Gasteiger partial charge in [0.1, 0.15) is 17.3 Å². The SMILES string of the molecule is COc1ccc(NC(=O)c2cc(-c3ccc(Cl)c(Cl)c3)oc2C)cc1. The molecule has 0 aliphatic heterocycles. The summed E-state index contributed by atoms with van der Waals surface area (Å²) in [5.41, 5.74) is 1.88. The average molecular weight is 376 g/mol. The van der Waals surface area contributed by atoms with Gasteiger partial charge >= 0.3 is 0 Å². The highest BCUT2D eigenvalue weighted by atomic mass is 35.5. The van der Waals surface area contributed by atoms with Crippen molar-refractivity contribution in [1.29, 1.82) is 0 Å². The van der Waals surface area contributed by atoms with Gasteiger partial charge in [0.2, 0.25) is 0 Å². The molecule has 1 heterocycles. The van der Waals surface area contributed by atoms with E-state index in [9.17, 15) is 4.79 Å². The van der Waals surface area contributed by atoms with E-state index in [2.05, 4.69) is 5.32 Å². The van der Waals surface area contributed by atoms with Gasteiger partial charge in [0.25, 0.3) is 5.91 Å². The first-order valence-electron chi connectivity index (χ1n) is 7.49. The van der Waals surface area contributed by atoms with Crippen molar-refractivity contribution >= 4 is 34.8 Å². The number of nitrogens with one attached hydrogen (secondary N) is 1. The largest absolute Gasteiger partial charge is 0.497 e. The Labute approximate surface area is 155 Å². The number of ether oxygens (including phenoxy) is 1. The maximum atomic E-state index is 12.5. The van der Waals surface area contributed by atoms with Crippen LogP contribution in [0.4, 0.5) is 5.69 Å². The van der Waals surface area contributed by atoms with Crippen LogP contribution in [0.5, 0.6) is 5.75 Å². The first-order chi connectivity index (χ1) is 12.0. The molecule has 2 aromatic carbocycles. The van der Waals surface area contributed by atoms with Gasteiger partial charge in [-0.2, -0.15) is 0 Å². The van der Waals surface area contributed by atoms with Gasteiger partial charge < -0.3 is 14.5 Å². The molecule has 1 N–H and O–H groups in total. The number of halogens is 2. The lowest BCUT2D eigenvalue weighted by Crippen LogP contribution is -2.11. The van der Waals surface area contributed by atoms with Crippen molar-refractivity contribution in [2.24, 2.45) is 0 Å². The first kappa shape index (κ1) is 17.4. The van der Waals surface area contributed by atoms with Crippen LogP contribution < -0.4 is 10.1 Å². The number of anilines is 1. The van der Waals surface area contributed by atoms with Gasteiger partial charge in [-0.05, 0) is 55.5 Å². The normalized spacial score (nSPS) is 10.6. The summed E-state index contributed by atoms with van der Waals surface area (Å²) >= 11 is 12.0. The molecule has 4 nitrogen and oxygen atoms in total. The van der Waals surface area contributed by atoms with E-state index in [0.29, 0.717) is 32.8 Å². The van der Waals surface area contributed by atoms with Crippen LogP contribution in [0.1, 0.15) is 16.1 Å². The Balaban J connectivity index is 1.83. The van der Waals surface area contributed by atoms with Crippen LogP contribution in [0, 0.1) is 6.92 Å². The maximum absolute atomic E-state index is 12.5. The molecule has 0 aliphatic rings. The minimum Gasteiger partial charge on any atom is -0.497 e. The van der Waals surface area contributed by atoms with Crippen LogP contribution in [-0.4, -0.2) is 13.0 Å². The number of benzene rings is 2. The maximum Gasteiger partial charge on any atom is 0.259 e. The predicted molar refractivity (Wildman–Crippen MR) is 99.8 cm³/mol. The fourth-order valence-corrected chi connectivity index (χ4v) is 2.67. The Morgan fingerprint density at radius 1 is 1.04 bits per heavy atom. The molecule has 1 amide bonds. The standard InChI is InChI=1S/C19H15Cl2NO3/c1-11-15(19(23)22-13-4-6-14(24-2)7-5-13)10-18(25-11)12-3-8-16(20)17(21)9-12/h3-10H,1-2H3,(H,22,23). The summed E-state index contributed by atoms with van der Waals surface area (Å²) in [5, 5.41) is 3.73. The Morgan fingerprint density at radius 2 is 1.76 bits per heavy atom. The third kappa shape index (κ3) is 3.81. The lowest BCUT2D eigenvalue weighted by molar-refractivity contribution is 0.102. The van der Waals surface area contributed by atoms with E-state index in [4.69, 9.17) is 32.4 Å². The van der Waals surface area contributed by atoms with Gasteiger partial charge in [-0.15, -0.1) is 0 Å². The number of hydrogen-bond acceptors (Lipinski definition) is 3. The van der Waals surface area contributed by atoms with Crippen LogP contribution in [0.2, 0.25) is 10.0 Å². The molecule has 0 radical (unpaired) electrons. The summed E-state index contributed by atoms with van der Waals surface area (Å²) in [6.07, 6.45) is 0. The molecule has 25 heavy (non-hydrogen) atoms. The molecule has 0 saturated carbocycles. The molecule has 128 valence electrons. The van der Waals surface area contributed by atoms with E-state index < -0.39 is 0 Å². The summed E-state index contributed by atoms with van der Waals surface area (Å²) in [7, 11) is 1.59. The molecule has 0 saturated heterocycles. The summed E-state index contributed by atoms with van der Waals surface area (Å²) in [6.45, 7) is 1.74. The average Bonchev–Trinajstić information content (AvgIpc) is 3.00. The smallest absolute Gasteiger partial charge is 0.259 e. The zero-order chi connectivity index (χ0) is 18.0. The van der Waals surface area contributed by atoms with Crippen molar-refractivity contribution in [3.63, 3.8) is 0 Å². The van der Waals surface area contributed by atoms with Crippen LogP contribution in [0.3, 0.4) is 0 Å². The molecule has 1 aromatic heterocycles. The van der Waals surface area contributed by atoms with Crippen molar-refractivity contribution in [3.8, 4) is 17.1 Å². The van der Waals surface area contributed by atoms with Gasteiger partial charge in [0.05, 0.1) is 22.7 Å². The van der Waals surface area contributed by atoms with Gasteiger partial charge in [-0.25, -0.2) is 0 Å². The second-order valence-electron chi connectivity index (χ2n) is 5.39. The molecule has 0 atom stereocenters. The van der Waals surface area contributed by atoms with Crippen molar-refractivity contribution in [1.82, 2.24) is 0 Å². The zero-order valence-corrected chi connectivity index (χ0v) is 15.1. The van der Waals surface area contributed by atoms with Crippen LogP contribution in [-0.2, 0) is 0 Å². The number of furan rings is 1. The number of hydrogen-bond donors (Lipinski definition) is 1. The molecule has 3 rings (SSSR count). The third-order valence-electron chi connectivity index (χ3n) is 3.71. The molecule has 3 aromatic rings. The van der Waals surface area contributed by atoms with Crippen LogP contribution >= 0.6 is 23.2 Å². The monoisotopic (exact) mass is 375 g/mol. The number of aryl methyl sites for hydroxylation is 1. The predicted octanol–water partition coefficient (Wildman–Crippen LogP) is 5.82. The lowest BCUT2D eigenvalue weighted by Gasteiger charge is -2.05. The lowest BCUT2D eigenvalue weighted by atomic mass is 10.1. The molecule has 0 aliphatic carbocycles. The number of amides is 1. The van der Waals surface area contributed by atoms with E-state index in [1.807, 2.05) is 0 Å². The van der Waals surface area contributed by atoms with E-state index in [1.54, 1.807) is 62.6 Å². The third-order valence-corrected chi connectivity index (χ3v) is 4.45. The zero-order valence-electron chi connectivity index (χ0n) is 13.6. The summed E-state index contributed by atoms with van der Waals surface area (Å²) in [5.74, 6) is 1.54. The highest BCUT2D eigenvalue weighted by Gasteiger charge is 2.17. The summed E-state index contributed by atoms with van der Waals surface area (Å²) in [6, 6.07) is 14.0. The first-order valence-corrected chi connectivity index (χ1v) is 8.25. The highest BCUT2D eigenvalue weighted by Crippen LogP contribution is 2.31. The molecular formula is C19H15Cl2NO3. The van der Waals surface area contributed by atoms with Crippen molar-refractivity contribution < 1.29 is 13.9 Å². The molecule has 0 bridgehead atoms. The molecule has 0 unspecified atom stereocenters. The molecule has 6 heteroatoms. The fourth-order valence-electron chi connectivity index (χ4n) is 2.37. The summed E-state index contributed by atoms with van der Waals surface area (Å²) in [4.78, 5) is 12.5. The quantitative estimate of drug-likeness (QED) is 0.624. The van der Waals surface area contributed by atoms with Crippen molar-refractivity contribution in [2.75, 3.05) is 12.4 Å². The van der Waals surface area contributed by atoms with Crippen molar-refractivity contribution in [2.45, 2.75) is 6.92 Å². The number of carbonyl (C=O) groups excluding carboxylic acids is 1. The van der Waals surface area contributed by atoms with Crippen molar-refractivity contribution in [3.05, 3.63) is 69.9 Å². The van der Waals surface area contributed by atoms with E-state index in [1.165, 1.54) is 0 Å². The minimum atomic E-state index is -0.252.